The Labute approximate surface area is 137 Å². The molecule has 2 heterocycles. The molecule has 0 amide bonds. The summed E-state index contributed by atoms with van der Waals surface area (Å²) >= 11 is 0. The maximum Gasteiger partial charge on any atom is 0.230 e. The molecule has 0 spiro atoms. The van der Waals surface area contributed by atoms with Gasteiger partial charge in [0.1, 0.15) is 0 Å². The zero-order valence-corrected chi connectivity index (χ0v) is 13.8. The monoisotopic (exact) mass is 315 g/mol. The van der Waals surface area contributed by atoms with Crippen molar-refractivity contribution < 1.29 is 9.26 Å². The third-order valence-electron chi connectivity index (χ3n) is 4.51. The van der Waals surface area contributed by atoms with Crippen LogP contribution in [0, 0.1) is 5.92 Å². The van der Waals surface area contributed by atoms with Crippen LogP contribution >= 0.6 is 0 Å². The summed E-state index contributed by atoms with van der Waals surface area (Å²) in [6, 6.07) is 3.81. The zero-order chi connectivity index (χ0) is 15.9. The van der Waals surface area contributed by atoms with Crippen LogP contribution in [0.3, 0.4) is 0 Å². The molecule has 1 aliphatic carbocycles. The van der Waals surface area contributed by atoms with Gasteiger partial charge in [0.15, 0.2) is 0 Å². The molecule has 0 aromatic carbocycles. The van der Waals surface area contributed by atoms with Crippen LogP contribution in [0.25, 0.3) is 11.4 Å². The number of unbranched alkanes of at least 4 members (excludes halogenated alkanes) is 1. The van der Waals surface area contributed by atoms with E-state index < -0.39 is 0 Å². The van der Waals surface area contributed by atoms with Crippen molar-refractivity contribution in [1.82, 2.24) is 15.1 Å². The van der Waals surface area contributed by atoms with Gasteiger partial charge in [0.25, 0.3) is 0 Å². The Kier molecular flexibility index (Phi) is 5.75. The maximum absolute atomic E-state index is 5.80. The van der Waals surface area contributed by atoms with Crippen molar-refractivity contribution >= 4 is 0 Å². The first-order valence-corrected chi connectivity index (χ1v) is 8.68. The molecule has 23 heavy (non-hydrogen) atoms. The van der Waals surface area contributed by atoms with Gasteiger partial charge in [-0.05, 0) is 43.7 Å². The molecule has 1 saturated carbocycles. The van der Waals surface area contributed by atoms with Crippen molar-refractivity contribution in [2.75, 3.05) is 13.2 Å². The van der Waals surface area contributed by atoms with E-state index in [-0.39, 0.29) is 0 Å². The maximum atomic E-state index is 5.80. The van der Waals surface area contributed by atoms with Crippen molar-refractivity contribution in [2.45, 2.75) is 51.4 Å². The van der Waals surface area contributed by atoms with Crippen molar-refractivity contribution in [3.8, 4) is 11.4 Å². The average molecular weight is 315 g/mol. The molecule has 2 atom stereocenters. The Morgan fingerprint density at radius 1 is 1.26 bits per heavy atom. The lowest BCUT2D eigenvalue weighted by atomic mass is 9.82. The minimum atomic E-state index is 0.367. The third-order valence-corrected chi connectivity index (χ3v) is 4.51. The predicted octanol–water partition coefficient (Wildman–Crippen LogP) is 4.22. The van der Waals surface area contributed by atoms with Crippen LogP contribution in [-0.4, -0.2) is 28.3 Å². The summed E-state index contributed by atoms with van der Waals surface area (Å²) < 4.78 is 11.3. The molecule has 0 radical (unpaired) electrons. The summed E-state index contributed by atoms with van der Waals surface area (Å²) in [4.78, 5) is 8.62. The fourth-order valence-electron chi connectivity index (χ4n) is 3.18. The van der Waals surface area contributed by atoms with Crippen LogP contribution in [0.15, 0.2) is 29.0 Å². The summed E-state index contributed by atoms with van der Waals surface area (Å²) in [5.74, 6) is 2.41. The molecule has 0 saturated heterocycles. The number of rotatable bonds is 7. The van der Waals surface area contributed by atoms with E-state index in [1.807, 2.05) is 12.1 Å². The van der Waals surface area contributed by atoms with Gasteiger partial charge in [0, 0.05) is 37.1 Å². The molecule has 2 aromatic rings. The van der Waals surface area contributed by atoms with Gasteiger partial charge < -0.3 is 9.26 Å². The lowest BCUT2D eigenvalue weighted by Gasteiger charge is -2.26. The summed E-state index contributed by atoms with van der Waals surface area (Å²) in [5, 5.41) is 4.13. The van der Waals surface area contributed by atoms with Gasteiger partial charge in [-0.2, -0.15) is 4.98 Å². The second-order valence-electron chi connectivity index (χ2n) is 6.35. The van der Waals surface area contributed by atoms with Crippen LogP contribution < -0.4 is 0 Å². The molecule has 5 heteroatoms. The van der Waals surface area contributed by atoms with Gasteiger partial charge in [0.05, 0.1) is 0 Å². The molecule has 0 unspecified atom stereocenters. The smallest absolute Gasteiger partial charge is 0.230 e. The highest BCUT2D eigenvalue weighted by Crippen LogP contribution is 2.36. The minimum absolute atomic E-state index is 0.367. The zero-order valence-electron chi connectivity index (χ0n) is 13.8. The molecular weight excluding hydrogens is 290 g/mol. The van der Waals surface area contributed by atoms with Crippen LogP contribution in [-0.2, 0) is 4.74 Å². The van der Waals surface area contributed by atoms with E-state index >= 15 is 0 Å². The highest BCUT2D eigenvalue weighted by Gasteiger charge is 2.27. The lowest BCUT2D eigenvalue weighted by molar-refractivity contribution is 0.0771. The summed E-state index contributed by atoms with van der Waals surface area (Å²) in [6.07, 6.45) is 10.5. The van der Waals surface area contributed by atoms with Crippen LogP contribution in [0.2, 0.25) is 0 Å². The van der Waals surface area contributed by atoms with Crippen LogP contribution in [0.4, 0.5) is 0 Å². The molecule has 1 fully saturated rings. The topological polar surface area (TPSA) is 61.0 Å². The number of aromatic nitrogens is 3. The van der Waals surface area contributed by atoms with Crippen molar-refractivity contribution in [3.63, 3.8) is 0 Å². The van der Waals surface area contributed by atoms with E-state index in [0.29, 0.717) is 17.7 Å². The quantitative estimate of drug-likeness (QED) is 0.716. The normalized spacial score (nSPS) is 21.4. The minimum Gasteiger partial charge on any atom is -0.381 e. The molecular formula is C18H25N3O2. The first-order valence-electron chi connectivity index (χ1n) is 8.68. The fourth-order valence-corrected chi connectivity index (χ4v) is 3.18. The molecule has 0 bridgehead atoms. The molecule has 124 valence electrons. The standard InChI is InChI=1S/C18H25N3O2/c1-2-3-11-22-13-14-5-4-6-16(12-14)18-20-17(21-23-18)15-7-9-19-10-8-15/h7-10,14,16H,2-6,11-13H2,1H3/t14-,16+/m0/s1. The third kappa shape index (κ3) is 4.38. The van der Waals surface area contributed by atoms with E-state index in [4.69, 9.17) is 9.26 Å². The van der Waals surface area contributed by atoms with E-state index in [9.17, 15) is 0 Å². The Bertz CT molecular complexity index is 585. The summed E-state index contributed by atoms with van der Waals surface area (Å²) in [7, 11) is 0. The lowest BCUT2D eigenvalue weighted by Crippen LogP contribution is -2.19. The van der Waals surface area contributed by atoms with E-state index in [0.717, 1.165) is 43.9 Å². The highest BCUT2D eigenvalue weighted by molar-refractivity contribution is 5.52. The second kappa shape index (κ2) is 8.20. The second-order valence-corrected chi connectivity index (χ2v) is 6.35. The molecule has 3 rings (SSSR count). The summed E-state index contributed by atoms with van der Waals surface area (Å²) in [6.45, 7) is 3.93. The highest BCUT2D eigenvalue weighted by atomic mass is 16.5. The van der Waals surface area contributed by atoms with Gasteiger partial charge in [-0.15, -0.1) is 0 Å². The Morgan fingerprint density at radius 3 is 2.96 bits per heavy atom. The van der Waals surface area contributed by atoms with E-state index in [2.05, 4.69) is 22.0 Å². The van der Waals surface area contributed by atoms with Gasteiger partial charge in [-0.25, -0.2) is 0 Å². The fraction of sp³-hybridized carbons (Fsp3) is 0.611. The van der Waals surface area contributed by atoms with E-state index in [1.54, 1.807) is 12.4 Å². The predicted molar refractivity (Wildman–Crippen MR) is 88.0 cm³/mol. The first kappa shape index (κ1) is 16.1. The first-order chi connectivity index (χ1) is 11.4. The Balaban J connectivity index is 1.57. The van der Waals surface area contributed by atoms with Crippen molar-refractivity contribution in [1.29, 1.82) is 0 Å². The number of hydrogen-bond acceptors (Lipinski definition) is 5. The summed E-state index contributed by atoms with van der Waals surface area (Å²) in [5.41, 5.74) is 0.949. The molecule has 1 aliphatic rings. The number of ether oxygens (including phenoxy) is 1. The van der Waals surface area contributed by atoms with Gasteiger partial charge in [0.2, 0.25) is 11.7 Å². The molecule has 0 aliphatic heterocycles. The molecule has 0 N–H and O–H groups in total. The molecule has 5 nitrogen and oxygen atoms in total. The Hall–Kier alpha value is -1.75. The van der Waals surface area contributed by atoms with Crippen molar-refractivity contribution in [3.05, 3.63) is 30.4 Å². The Morgan fingerprint density at radius 2 is 2.13 bits per heavy atom. The van der Waals surface area contributed by atoms with Crippen LogP contribution in [0.1, 0.15) is 57.3 Å². The average Bonchev–Trinajstić information content (AvgIpc) is 3.10. The van der Waals surface area contributed by atoms with Gasteiger partial charge in [-0.3, -0.25) is 4.98 Å². The molecule has 2 aromatic heterocycles. The number of pyridine rings is 1. The van der Waals surface area contributed by atoms with Gasteiger partial charge >= 0.3 is 0 Å². The van der Waals surface area contributed by atoms with E-state index in [1.165, 1.54) is 19.3 Å². The largest absolute Gasteiger partial charge is 0.381 e. The van der Waals surface area contributed by atoms with Gasteiger partial charge in [-0.1, -0.05) is 24.9 Å². The van der Waals surface area contributed by atoms with Crippen molar-refractivity contribution in [2.24, 2.45) is 5.92 Å². The number of nitrogens with zero attached hydrogens (tertiary/aromatic N) is 3. The SMILES string of the molecule is CCCCOC[C@H]1CCC[C@@H](c2nc(-c3ccncc3)no2)C1. The number of hydrogen-bond donors (Lipinski definition) is 0. The van der Waals surface area contributed by atoms with Crippen LogP contribution in [0.5, 0.6) is 0 Å².